The molecule has 0 saturated heterocycles. The topological polar surface area (TPSA) is 191 Å². The lowest BCUT2D eigenvalue weighted by Gasteiger charge is -2.27. The van der Waals surface area contributed by atoms with E-state index in [1.54, 1.807) is 31.2 Å². The number of aliphatic carboxylic acids is 1. The molecule has 4 unspecified atom stereocenters. The summed E-state index contributed by atoms with van der Waals surface area (Å²) in [6.07, 6.45) is 0.510. The standard InChI is InChI=1S/C26H34N4O7/c1-3-15(2)23(30-22(33)14-27)25(35)28-20(12-16-4-8-18(31)9-5-16)24(34)29-21(26(36)37)13-17-6-10-19(32)11-7-17/h4-11,15,20-21,23,31-32H,3,12-14,27H2,1-2H3,(H,28,35)(H,29,34)(H,30,33)(H,36,37). The second kappa shape index (κ2) is 13.8. The van der Waals surface area contributed by atoms with Crippen molar-refractivity contribution in [3.05, 3.63) is 59.7 Å². The van der Waals surface area contributed by atoms with Gasteiger partial charge in [-0.15, -0.1) is 0 Å². The number of carboxylic acids is 1. The fraction of sp³-hybridized carbons (Fsp3) is 0.385. The number of amides is 3. The molecule has 0 spiro atoms. The fourth-order valence-electron chi connectivity index (χ4n) is 3.61. The molecule has 2 aromatic carbocycles. The number of carboxylic acid groups (broad SMARTS) is 1. The minimum absolute atomic E-state index is 0.00145. The van der Waals surface area contributed by atoms with E-state index in [-0.39, 0.29) is 36.8 Å². The van der Waals surface area contributed by atoms with Gasteiger partial charge < -0.3 is 37.0 Å². The highest BCUT2D eigenvalue weighted by Crippen LogP contribution is 2.14. The zero-order valence-corrected chi connectivity index (χ0v) is 20.8. The van der Waals surface area contributed by atoms with Gasteiger partial charge in [-0.1, -0.05) is 44.5 Å². The van der Waals surface area contributed by atoms with Crippen LogP contribution in [0.25, 0.3) is 0 Å². The smallest absolute Gasteiger partial charge is 0.326 e. The molecule has 0 bridgehead atoms. The van der Waals surface area contributed by atoms with E-state index in [0.717, 1.165) is 0 Å². The summed E-state index contributed by atoms with van der Waals surface area (Å²) >= 11 is 0. The van der Waals surface area contributed by atoms with E-state index >= 15 is 0 Å². The van der Waals surface area contributed by atoms with Gasteiger partial charge in [-0.3, -0.25) is 14.4 Å². The van der Waals surface area contributed by atoms with E-state index in [4.69, 9.17) is 5.73 Å². The van der Waals surface area contributed by atoms with Crippen LogP contribution in [0.3, 0.4) is 0 Å². The first kappa shape index (κ1) is 29.1. The van der Waals surface area contributed by atoms with E-state index in [9.17, 15) is 34.5 Å². The number of aromatic hydroxyl groups is 2. The lowest BCUT2D eigenvalue weighted by atomic mass is 9.97. The second-order valence-corrected chi connectivity index (χ2v) is 8.84. The Kier molecular flexibility index (Phi) is 10.9. The number of hydrogen-bond acceptors (Lipinski definition) is 7. The number of phenols is 2. The number of carbonyl (C=O) groups excluding carboxylic acids is 3. The van der Waals surface area contributed by atoms with Crippen molar-refractivity contribution in [1.29, 1.82) is 0 Å². The van der Waals surface area contributed by atoms with Gasteiger partial charge in [0.15, 0.2) is 0 Å². The van der Waals surface area contributed by atoms with Crippen LogP contribution in [0.5, 0.6) is 11.5 Å². The monoisotopic (exact) mass is 514 g/mol. The third-order valence-electron chi connectivity index (χ3n) is 6.00. The van der Waals surface area contributed by atoms with E-state index in [1.165, 1.54) is 24.3 Å². The predicted octanol–water partition coefficient (Wildman–Crippen LogP) is 0.427. The van der Waals surface area contributed by atoms with E-state index in [1.807, 2.05) is 6.92 Å². The van der Waals surface area contributed by atoms with Gasteiger partial charge in [0, 0.05) is 12.8 Å². The third kappa shape index (κ3) is 9.12. The molecule has 2 rings (SSSR count). The van der Waals surface area contributed by atoms with Gasteiger partial charge in [0.25, 0.3) is 0 Å². The van der Waals surface area contributed by atoms with Crippen LogP contribution in [0.4, 0.5) is 0 Å². The Morgan fingerprint density at radius 2 is 1.24 bits per heavy atom. The lowest BCUT2D eigenvalue weighted by Crippen LogP contribution is -2.58. The Labute approximate surface area is 215 Å². The average molecular weight is 515 g/mol. The molecule has 0 heterocycles. The van der Waals surface area contributed by atoms with Gasteiger partial charge in [-0.05, 0) is 41.3 Å². The highest BCUT2D eigenvalue weighted by atomic mass is 16.4. The number of carbonyl (C=O) groups is 4. The van der Waals surface area contributed by atoms with Crippen LogP contribution < -0.4 is 21.7 Å². The Balaban J connectivity index is 2.27. The zero-order valence-electron chi connectivity index (χ0n) is 20.8. The summed E-state index contributed by atoms with van der Waals surface area (Å²) < 4.78 is 0. The van der Waals surface area contributed by atoms with Gasteiger partial charge >= 0.3 is 5.97 Å². The van der Waals surface area contributed by atoms with Crippen LogP contribution in [-0.4, -0.2) is 63.7 Å². The summed E-state index contributed by atoms with van der Waals surface area (Å²) in [5.41, 5.74) is 6.56. The van der Waals surface area contributed by atoms with Gasteiger partial charge in [-0.2, -0.15) is 0 Å². The van der Waals surface area contributed by atoms with Gasteiger partial charge in [0.05, 0.1) is 6.54 Å². The molecule has 8 N–H and O–H groups in total. The number of nitrogens with one attached hydrogen (secondary N) is 3. The molecule has 0 aliphatic carbocycles. The molecule has 0 saturated carbocycles. The Morgan fingerprint density at radius 3 is 1.68 bits per heavy atom. The normalized spacial score (nSPS) is 14.0. The maximum Gasteiger partial charge on any atom is 0.326 e. The molecular weight excluding hydrogens is 480 g/mol. The Bertz CT molecular complexity index is 1070. The summed E-state index contributed by atoms with van der Waals surface area (Å²) in [5, 5.41) is 36.4. The fourth-order valence-corrected chi connectivity index (χ4v) is 3.61. The van der Waals surface area contributed by atoms with Crippen LogP contribution in [-0.2, 0) is 32.0 Å². The van der Waals surface area contributed by atoms with Gasteiger partial charge in [0.1, 0.15) is 29.6 Å². The van der Waals surface area contributed by atoms with Crippen molar-refractivity contribution in [3.63, 3.8) is 0 Å². The van der Waals surface area contributed by atoms with Crippen LogP contribution >= 0.6 is 0 Å². The van der Waals surface area contributed by atoms with Crippen molar-refractivity contribution in [2.24, 2.45) is 11.7 Å². The van der Waals surface area contributed by atoms with Crippen LogP contribution in [0, 0.1) is 5.92 Å². The van der Waals surface area contributed by atoms with Crippen LogP contribution in [0.15, 0.2) is 48.5 Å². The average Bonchev–Trinajstić information content (AvgIpc) is 2.88. The predicted molar refractivity (Wildman–Crippen MR) is 136 cm³/mol. The van der Waals surface area contributed by atoms with E-state index < -0.39 is 41.8 Å². The quantitative estimate of drug-likeness (QED) is 0.200. The highest BCUT2D eigenvalue weighted by Gasteiger charge is 2.31. The minimum Gasteiger partial charge on any atom is -0.508 e. The first-order valence-corrected chi connectivity index (χ1v) is 11.9. The molecular formula is C26H34N4O7. The first-order chi connectivity index (χ1) is 17.5. The summed E-state index contributed by atoms with van der Waals surface area (Å²) in [6, 6.07) is 8.49. The van der Waals surface area contributed by atoms with Crippen molar-refractivity contribution >= 4 is 23.7 Å². The maximum absolute atomic E-state index is 13.3. The molecule has 37 heavy (non-hydrogen) atoms. The van der Waals surface area contributed by atoms with Crippen LogP contribution in [0.1, 0.15) is 31.4 Å². The molecule has 0 aliphatic rings. The molecule has 2 aromatic rings. The molecule has 0 aromatic heterocycles. The lowest BCUT2D eigenvalue weighted by molar-refractivity contribution is -0.142. The molecule has 11 nitrogen and oxygen atoms in total. The summed E-state index contributed by atoms with van der Waals surface area (Å²) in [6.45, 7) is 3.31. The third-order valence-corrected chi connectivity index (χ3v) is 6.00. The summed E-state index contributed by atoms with van der Waals surface area (Å²) in [4.78, 5) is 50.2. The molecule has 3 amide bonds. The summed E-state index contributed by atoms with van der Waals surface area (Å²) in [5.74, 6) is -3.37. The molecule has 0 radical (unpaired) electrons. The molecule has 11 heteroatoms. The van der Waals surface area contributed by atoms with E-state index in [0.29, 0.717) is 17.5 Å². The number of rotatable bonds is 13. The van der Waals surface area contributed by atoms with Crippen molar-refractivity contribution in [3.8, 4) is 11.5 Å². The SMILES string of the molecule is CCC(C)C(NC(=O)CN)C(=O)NC(Cc1ccc(O)cc1)C(=O)NC(Cc1ccc(O)cc1)C(=O)O. The van der Waals surface area contributed by atoms with E-state index in [2.05, 4.69) is 16.0 Å². The second-order valence-electron chi connectivity index (χ2n) is 8.84. The minimum atomic E-state index is -1.31. The first-order valence-electron chi connectivity index (χ1n) is 11.9. The largest absolute Gasteiger partial charge is 0.508 e. The number of phenolic OH excluding ortho intramolecular Hbond substituents is 2. The number of nitrogens with two attached hydrogens (primary N) is 1. The van der Waals surface area contributed by atoms with Crippen molar-refractivity contribution in [2.45, 2.75) is 51.2 Å². The highest BCUT2D eigenvalue weighted by molar-refractivity contribution is 5.94. The van der Waals surface area contributed by atoms with Crippen molar-refractivity contribution < 1.29 is 34.5 Å². The molecule has 0 aliphatic heterocycles. The van der Waals surface area contributed by atoms with Gasteiger partial charge in [0.2, 0.25) is 17.7 Å². The van der Waals surface area contributed by atoms with Crippen LogP contribution in [0.2, 0.25) is 0 Å². The maximum atomic E-state index is 13.3. The zero-order chi connectivity index (χ0) is 27.5. The molecule has 4 atom stereocenters. The Morgan fingerprint density at radius 1 is 0.784 bits per heavy atom. The number of benzene rings is 2. The summed E-state index contributed by atoms with van der Waals surface area (Å²) in [7, 11) is 0. The van der Waals surface area contributed by atoms with Gasteiger partial charge in [-0.25, -0.2) is 4.79 Å². The Hall–Kier alpha value is -4.12. The van der Waals surface area contributed by atoms with Crippen molar-refractivity contribution in [1.82, 2.24) is 16.0 Å². The van der Waals surface area contributed by atoms with Crippen molar-refractivity contribution in [2.75, 3.05) is 6.54 Å². The molecule has 0 fully saturated rings. The number of hydrogen-bond donors (Lipinski definition) is 7. The molecule has 200 valence electrons.